The van der Waals surface area contributed by atoms with Crippen LogP contribution in [-0.2, 0) is 0 Å². The number of hydrogen-bond donors (Lipinski definition) is 1. The van der Waals surface area contributed by atoms with Gasteiger partial charge in [-0.05, 0) is 30.7 Å². The number of nitrogens with zero attached hydrogens (tertiary/aromatic N) is 1. The Kier molecular flexibility index (Phi) is 3.93. The molecule has 1 aromatic rings. The average molecular weight is 298 g/mol. The van der Waals surface area contributed by atoms with Crippen molar-refractivity contribution in [3.63, 3.8) is 0 Å². The minimum Gasteiger partial charge on any atom is -0.349 e. The van der Waals surface area contributed by atoms with Crippen LogP contribution in [0.1, 0.15) is 43.5 Å². The zero-order valence-electron chi connectivity index (χ0n) is 11.8. The molecular weight excluding hydrogens is 282 g/mol. The van der Waals surface area contributed by atoms with Crippen molar-refractivity contribution in [1.29, 1.82) is 0 Å². The number of benzene rings is 1. The Morgan fingerprint density at radius 1 is 1.43 bits per heavy atom. The summed E-state index contributed by atoms with van der Waals surface area (Å²) in [7, 11) is 0. The second-order valence-electron chi connectivity index (χ2n) is 6.12. The van der Waals surface area contributed by atoms with E-state index in [1.54, 1.807) is 0 Å². The molecule has 1 aliphatic carbocycles. The molecule has 0 radical (unpaired) electrons. The smallest absolute Gasteiger partial charge is 0.308 e. The van der Waals surface area contributed by atoms with Crippen LogP contribution in [0.15, 0.2) is 12.1 Å². The summed E-state index contributed by atoms with van der Waals surface area (Å²) >= 11 is 0. The van der Waals surface area contributed by atoms with E-state index in [0.717, 1.165) is 19.3 Å². The summed E-state index contributed by atoms with van der Waals surface area (Å²) < 4.78 is 27.2. The van der Waals surface area contributed by atoms with Gasteiger partial charge in [-0.15, -0.1) is 0 Å². The molecule has 0 heterocycles. The first kappa shape index (κ1) is 15.3. The number of nitrogens with one attached hydrogen (secondary N) is 1. The lowest BCUT2D eigenvalue weighted by Crippen LogP contribution is -2.34. The molecular formula is C14H16F2N2O3. The van der Waals surface area contributed by atoms with E-state index < -0.39 is 33.7 Å². The fourth-order valence-corrected chi connectivity index (χ4v) is 2.70. The van der Waals surface area contributed by atoms with Gasteiger partial charge in [0, 0.05) is 6.04 Å². The highest BCUT2D eigenvalue weighted by Crippen LogP contribution is 2.37. The second kappa shape index (κ2) is 5.38. The van der Waals surface area contributed by atoms with Crippen LogP contribution in [0.5, 0.6) is 0 Å². The lowest BCUT2D eigenvalue weighted by Gasteiger charge is -2.18. The molecule has 1 N–H and O–H groups in total. The fourth-order valence-electron chi connectivity index (χ4n) is 2.70. The third kappa shape index (κ3) is 3.34. The molecule has 1 atom stereocenters. The minimum atomic E-state index is -1.31. The SMILES string of the molecule is CC1(C)CCC(NC(=O)c2cc(F)cc([N+](=O)[O-])c2F)C1. The predicted molar refractivity (Wildman–Crippen MR) is 71.9 cm³/mol. The molecule has 114 valence electrons. The van der Waals surface area contributed by atoms with Gasteiger partial charge in [0.25, 0.3) is 5.91 Å². The predicted octanol–water partition coefficient (Wildman–Crippen LogP) is 3.18. The van der Waals surface area contributed by atoms with Crippen molar-refractivity contribution >= 4 is 11.6 Å². The van der Waals surface area contributed by atoms with Gasteiger partial charge < -0.3 is 5.32 Å². The highest BCUT2D eigenvalue weighted by Gasteiger charge is 2.33. The van der Waals surface area contributed by atoms with E-state index in [1.165, 1.54) is 0 Å². The first-order chi connectivity index (χ1) is 9.69. The molecule has 1 unspecified atom stereocenters. The molecule has 1 fully saturated rings. The van der Waals surface area contributed by atoms with Crippen molar-refractivity contribution in [2.24, 2.45) is 5.41 Å². The van der Waals surface area contributed by atoms with Crippen molar-refractivity contribution < 1.29 is 18.5 Å². The number of nitro groups is 1. The van der Waals surface area contributed by atoms with E-state index in [1.807, 2.05) is 0 Å². The van der Waals surface area contributed by atoms with Crippen LogP contribution in [-0.4, -0.2) is 16.9 Å². The van der Waals surface area contributed by atoms with Crippen LogP contribution in [0.2, 0.25) is 0 Å². The summed E-state index contributed by atoms with van der Waals surface area (Å²) in [4.78, 5) is 21.6. The highest BCUT2D eigenvalue weighted by atomic mass is 19.1. The minimum absolute atomic E-state index is 0.0877. The van der Waals surface area contributed by atoms with Gasteiger partial charge in [0.15, 0.2) is 0 Å². The zero-order valence-corrected chi connectivity index (χ0v) is 11.8. The summed E-state index contributed by atoms with van der Waals surface area (Å²) in [5.41, 5.74) is -1.58. The Morgan fingerprint density at radius 3 is 2.62 bits per heavy atom. The van der Waals surface area contributed by atoms with Crippen LogP contribution in [0.25, 0.3) is 0 Å². The summed E-state index contributed by atoms with van der Waals surface area (Å²) in [6, 6.07) is 1.01. The number of halogens is 2. The molecule has 0 aliphatic heterocycles. The molecule has 1 saturated carbocycles. The topological polar surface area (TPSA) is 72.2 Å². The number of carbonyl (C=O) groups is 1. The molecule has 21 heavy (non-hydrogen) atoms. The van der Waals surface area contributed by atoms with Crippen molar-refractivity contribution in [2.45, 2.75) is 39.2 Å². The fraction of sp³-hybridized carbons (Fsp3) is 0.500. The van der Waals surface area contributed by atoms with Crippen molar-refractivity contribution in [3.8, 4) is 0 Å². The first-order valence-corrected chi connectivity index (χ1v) is 6.64. The lowest BCUT2D eigenvalue weighted by molar-refractivity contribution is -0.387. The second-order valence-corrected chi connectivity index (χ2v) is 6.12. The molecule has 5 nitrogen and oxygen atoms in total. The molecule has 1 aliphatic rings. The summed E-state index contributed by atoms with van der Waals surface area (Å²) in [5, 5.41) is 13.3. The van der Waals surface area contributed by atoms with Gasteiger partial charge in [-0.1, -0.05) is 13.8 Å². The van der Waals surface area contributed by atoms with E-state index >= 15 is 0 Å². The van der Waals surface area contributed by atoms with Gasteiger partial charge in [-0.25, -0.2) is 4.39 Å². The van der Waals surface area contributed by atoms with Gasteiger partial charge >= 0.3 is 5.69 Å². The van der Waals surface area contributed by atoms with Crippen molar-refractivity contribution in [1.82, 2.24) is 5.32 Å². The van der Waals surface area contributed by atoms with E-state index in [4.69, 9.17) is 0 Å². The molecule has 2 rings (SSSR count). The van der Waals surface area contributed by atoms with E-state index in [9.17, 15) is 23.7 Å². The Balaban J connectivity index is 2.22. The Morgan fingerprint density at radius 2 is 2.10 bits per heavy atom. The largest absolute Gasteiger partial charge is 0.349 e. The molecule has 0 aromatic heterocycles. The number of rotatable bonds is 3. The Bertz CT molecular complexity index is 602. The van der Waals surface area contributed by atoms with E-state index in [-0.39, 0.29) is 11.5 Å². The number of hydrogen-bond acceptors (Lipinski definition) is 3. The monoisotopic (exact) mass is 298 g/mol. The molecule has 0 saturated heterocycles. The van der Waals surface area contributed by atoms with Crippen LogP contribution in [0.3, 0.4) is 0 Å². The van der Waals surface area contributed by atoms with Gasteiger partial charge in [0.1, 0.15) is 5.82 Å². The summed E-state index contributed by atoms with van der Waals surface area (Å²) in [6.07, 6.45) is 2.40. The van der Waals surface area contributed by atoms with Crippen LogP contribution < -0.4 is 5.32 Å². The van der Waals surface area contributed by atoms with E-state index in [0.29, 0.717) is 12.1 Å². The maximum absolute atomic E-state index is 13.9. The number of nitro benzene ring substituents is 1. The quantitative estimate of drug-likeness (QED) is 0.688. The van der Waals surface area contributed by atoms with E-state index in [2.05, 4.69) is 19.2 Å². The van der Waals surface area contributed by atoms with Gasteiger partial charge in [-0.3, -0.25) is 14.9 Å². The maximum Gasteiger partial charge on any atom is 0.308 e. The molecule has 1 aromatic carbocycles. The van der Waals surface area contributed by atoms with Crippen molar-refractivity contribution in [3.05, 3.63) is 39.4 Å². The highest BCUT2D eigenvalue weighted by molar-refractivity contribution is 5.95. The zero-order chi connectivity index (χ0) is 15.8. The third-order valence-electron chi connectivity index (χ3n) is 3.76. The third-order valence-corrected chi connectivity index (χ3v) is 3.76. The summed E-state index contributed by atoms with van der Waals surface area (Å²) in [5.74, 6) is -3.14. The number of amides is 1. The Hall–Kier alpha value is -2.05. The standard InChI is InChI=1S/C14H16F2N2O3/c1-14(2)4-3-9(7-14)17-13(19)10-5-8(15)6-11(12(10)16)18(20)21/h5-6,9H,3-4,7H2,1-2H3,(H,17,19). The van der Waals surface area contributed by atoms with Crippen LogP contribution >= 0.6 is 0 Å². The maximum atomic E-state index is 13.9. The number of carbonyl (C=O) groups excluding carboxylic acids is 1. The van der Waals surface area contributed by atoms with Crippen molar-refractivity contribution in [2.75, 3.05) is 0 Å². The molecule has 1 amide bonds. The lowest BCUT2D eigenvalue weighted by atomic mass is 9.92. The van der Waals surface area contributed by atoms with Gasteiger partial charge in [0.2, 0.25) is 5.82 Å². The van der Waals surface area contributed by atoms with Crippen LogP contribution in [0.4, 0.5) is 14.5 Å². The molecule has 0 bridgehead atoms. The molecule has 0 spiro atoms. The normalized spacial score (nSPS) is 20.3. The van der Waals surface area contributed by atoms with Gasteiger partial charge in [-0.2, -0.15) is 4.39 Å². The average Bonchev–Trinajstić information content (AvgIpc) is 2.70. The first-order valence-electron chi connectivity index (χ1n) is 6.64. The summed E-state index contributed by atoms with van der Waals surface area (Å²) in [6.45, 7) is 4.12. The Labute approximate surface area is 120 Å². The van der Waals surface area contributed by atoms with Crippen LogP contribution in [0, 0.1) is 27.2 Å². The van der Waals surface area contributed by atoms with Gasteiger partial charge in [0.05, 0.1) is 16.6 Å². The molecule has 7 heteroatoms.